The summed E-state index contributed by atoms with van der Waals surface area (Å²) in [6, 6.07) is 18.1. The highest BCUT2D eigenvalue weighted by Gasteiger charge is 1.97. The molecule has 0 unspecified atom stereocenters. The van der Waals surface area contributed by atoms with Gasteiger partial charge in [-0.15, -0.1) is 0 Å². The summed E-state index contributed by atoms with van der Waals surface area (Å²) in [6.45, 7) is 0. The fourth-order valence-corrected chi connectivity index (χ4v) is 2.04. The Kier molecular flexibility index (Phi) is 4.02. The van der Waals surface area contributed by atoms with Gasteiger partial charge in [-0.2, -0.15) is 0 Å². The van der Waals surface area contributed by atoms with Gasteiger partial charge < -0.3 is 0 Å². The Morgan fingerprint density at radius 1 is 0.619 bits per heavy atom. The zero-order valence-electron chi connectivity index (χ0n) is 11.6. The van der Waals surface area contributed by atoms with Crippen LogP contribution >= 0.6 is 0 Å². The van der Waals surface area contributed by atoms with Crippen molar-refractivity contribution in [3.63, 3.8) is 0 Å². The summed E-state index contributed by atoms with van der Waals surface area (Å²) in [5.41, 5.74) is 3.02. The fourth-order valence-electron chi connectivity index (χ4n) is 2.04. The van der Waals surface area contributed by atoms with Crippen LogP contribution in [-0.4, -0.2) is 0 Å². The van der Waals surface area contributed by atoms with Gasteiger partial charge in [-0.05, 0) is 30.3 Å². The molecular formula is C21H14. The van der Waals surface area contributed by atoms with Gasteiger partial charge in [0.1, 0.15) is 0 Å². The van der Waals surface area contributed by atoms with Crippen molar-refractivity contribution in [2.75, 3.05) is 0 Å². The molecule has 1 aliphatic rings. The smallest absolute Gasteiger partial charge is 0.0573 e. The number of hydrogen-bond donors (Lipinski definition) is 0. The third-order valence-corrected chi connectivity index (χ3v) is 3.12. The van der Waals surface area contributed by atoms with E-state index in [2.05, 4.69) is 35.8 Å². The molecule has 0 amide bonds. The lowest BCUT2D eigenvalue weighted by Gasteiger charge is -1.94. The molecule has 0 fully saturated rings. The van der Waals surface area contributed by atoms with Gasteiger partial charge in [0.2, 0.25) is 0 Å². The number of benzene rings is 2. The molecule has 0 spiro atoms. The average molecular weight is 266 g/mol. The van der Waals surface area contributed by atoms with E-state index < -0.39 is 0 Å². The van der Waals surface area contributed by atoms with E-state index in [9.17, 15) is 0 Å². The van der Waals surface area contributed by atoms with Crippen molar-refractivity contribution in [3.8, 4) is 23.7 Å². The molecule has 0 bridgehead atoms. The Hall–Kier alpha value is -2.96. The van der Waals surface area contributed by atoms with Gasteiger partial charge in [0.05, 0.1) is 5.92 Å². The fraction of sp³-hybridized carbons (Fsp3) is 0.0476. The summed E-state index contributed by atoms with van der Waals surface area (Å²) >= 11 is 0. The summed E-state index contributed by atoms with van der Waals surface area (Å²) < 4.78 is 0. The molecule has 0 heteroatoms. The van der Waals surface area contributed by atoms with E-state index >= 15 is 0 Å². The summed E-state index contributed by atoms with van der Waals surface area (Å²) in [6.07, 6.45) is 8.24. The molecule has 0 radical (unpaired) electrons. The molecule has 21 heavy (non-hydrogen) atoms. The van der Waals surface area contributed by atoms with Gasteiger partial charge in [0.25, 0.3) is 0 Å². The summed E-state index contributed by atoms with van der Waals surface area (Å²) in [7, 11) is 0. The lowest BCUT2D eigenvalue weighted by molar-refractivity contribution is 1.15. The molecule has 0 saturated carbocycles. The average Bonchev–Trinajstić information content (AvgIpc) is 3.06. The topological polar surface area (TPSA) is 0 Å². The molecular weight excluding hydrogens is 252 g/mol. The standard InChI is InChI=1S/C21H14/c1-2-7-18(8-3-1)13-15-20-11-6-12-21(17-20)16-14-19-9-4-5-10-19/h1-12,17,19H. The molecule has 0 heterocycles. The van der Waals surface area contributed by atoms with Crippen LogP contribution in [0.4, 0.5) is 0 Å². The Bertz CT molecular complexity index is 788. The predicted molar refractivity (Wildman–Crippen MR) is 87.5 cm³/mol. The zero-order valence-corrected chi connectivity index (χ0v) is 11.6. The van der Waals surface area contributed by atoms with Gasteiger partial charge in [-0.1, -0.05) is 72.3 Å². The number of rotatable bonds is 0. The number of allylic oxidation sites excluding steroid dienone is 4. The molecule has 0 atom stereocenters. The largest absolute Gasteiger partial charge is 0.0861 e. The third-order valence-electron chi connectivity index (χ3n) is 3.12. The van der Waals surface area contributed by atoms with Gasteiger partial charge in [0.15, 0.2) is 0 Å². The van der Waals surface area contributed by atoms with Crippen LogP contribution in [0.2, 0.25) is 0 Å². The maximum Gasteiger partial charge on any atom is 0.0573 e. The third kappa shape index (κ3) is 3.75. The van der Waals surface area contributed by atoms with E-state index in [1.165, 1.54) is 0 Å². The molecule has 0 aromatic heterocycles. The molecule has 2 aromatic rings. The van der Waals surface area contributed by atoms with Crippen molar-refractivity contribution in [2.45, 2.75) is 0 Å². The normalized spacial score (nSPS) is 12.4. The molecule has 0 N–H and O–H groups in total. The van der Waals surface area contributed by atoms with Crippen LogP contribution in [0.15, 0.2) is 78.9 Å². The van der Waals surface area contributed by atoms with Crippen LogP contribution < -0.4 is 0 Å². The maximum absolute atomic E-state index is 3.23. The second kappa shape index (κ2) is 6.47. The van der Waals surface area contributed by atoms with E-state index in [0.29, 0.717) is 0 Å². The monoisotopic (exact) mass is 266 g/mol. The Balaban J connectivity index is 1.79. The second-order valence-corrected chi connectivity index (χ2v) is 4.76. The highest BCUT2D eigenvalue weighted by molar-refractivity contribution is 5.47. The van der Waals surface area contributed by atoms with Crippen LogP contribution in [-0.2, 0) is 0 Å². The van der Waals surface area contributed by atoms with Gasteiger partial charge >= 0.3 is 0 Å². The van der Waals surface area contributed by atoms with Crippen molar-refractivity contribution < 1.29 is 0 Å². The first-order chi connectivity index (χ1) is 10.4. The van der Waals surface area contributed by atoms with Crippen molar-refractivity contribution in [1.29, 1.82) is 0 Å². The maximum atomic E-state index is 3.23. The minimum Gasteiger partial charge on any atom is -0.0861 e. The Labute approximate surface area is 125 Å². The van der Waals surface area contributed by atoms with E-state index in [1.807, 2.05) is 66.7 Å². The van der Waals surface area contributed by atoms with Gasteiger partial charge in [0, 0.05) is 16.7 Å². The first kappa shape index (κ1) is 13.0. The van der Waals surface area contributed by atoms with Crippen molar-refractivity contribution in [3.05, 3.63) is 95.6 Å². The van der Waals surface area contributed by atoms with Crippen molar-refractivity contribution in [2.24, 2.45) is 5.92 Å². The highest BCUT2D eigenvalue weighted by Crippen LogP contribution is 2.08. The van der Waals surface area contributed by atoms with E-state index in [1.54, 1.807) is 0 Å². The molecule has 98 valence electrons. The first-order valence-electron chi connectivity index (χ1n) is 6.94. The SMILES string of the molecule is C(#Cc1cccc(C#CC2C=CC=C2)c1)c1ccccc1. The molecule has 0 nitrogen and oxygen atoms in total. The van der Waals surface area contributed by atoms with Crippen molar-refractivity contribution >= 4 is 0 Å². The van der Waals surface area contributed by atoms with Crippen LogP contribution in [0.5, 0.6) is 0 Å². The Morgan fingerprint density at radius 3 is 2.00 bits per heavy atom. The second-order valence-electron chi connectivity index (χ2n) is 4.76. The lowest BCUT2D eigenvalue weighted by atomic mass is 10.1. The molecule has 0 aliphatic heterocycles. The molecule has 2 aromatic carbocycles. The molecule has 1 aliphatic carbocycles. The van der Waals surface area contributed by atoms with Crippen LogP contribution in [0, 0.1) is 29.6 Å². The zero-order chi connectivity index (χ0) is 14.3. The molecule has 0 saturated heterocycles. The lowest BCUT2D eigenvalue weighted by Crippen LogP contribution is -1.83. The summed E-state index contributed by atoms with van der Waals surface area (Å²) in [5, 5.41) is 0. The minimum atomic E-state index is 0.240. The van der Waals surface area contributed by atoms with E-state index in [-0.39, 0.29) is 5.92 Å². The highest BCUT2D eigenvalue weighted by atomic mass is 14.0. The van der Waals surface area contributed by atoms with E-state index in [0.717, 1.165) is 16.7 Å². The van der Waals surface area contributed by atoms with Crippen LogP contribution in [0.1, 0.15) is 16.7 Å². The van der Waals surface area contributed by atoms with Crippen molar-refractivity contribution in [1.82, 2.24) is 0 Å². The number of hydrogen-bond acceptors (Lipinski definition) is 0. The van der Waals surface area contributed by atoms with Gasteiger partial charge in [-0.3, -0.25) is 0 Å². The quantitative estimate of drug-likeness (QED) is 0.627. The Morgan fingerprint density at radius 2 is 1.24 bits per heavy atom. The van der Waals surface area contributed by atoms with Gasteiger partial charge in [-0.25, -0.2) is 0 Å². The predicted octanol–water partition coefficient (Wildman–Crippen LogP) is 4.18. The summed E-state index contributed by atoms with van der Waals surface area (Å²) in [5.74, 6) is 13.0. The first-order valence-corrected chi connectivity index (χ1v) is 6.94. The van der Waals surface area contributed by atoms with Crippen LogP contribution in [0.3, 0.4) is 0 Å². The molecule has 3 rings (SSSR count). The van der Waals surface area contributed by atoms with E-state index in [4.69, 9.17) is 0 Å². The summed E-state index contributed by atoms with van der Waals surface area (Å²) in [4.78, 5) is 0. The minimum absolute atomic E-state index is 0.240. The van der Waals surface area contributed by atoms with Crippen LogP contribution in [0.25, 0.3) is 0 Å².